The summed E-state index contributed by atoms with van der Waals surface area (Å²) in [6.07, 6.45) is 0. The Morgan fingerprint density at radius 3 is 2.30 bits per heavy atom. The van der Waals surface area contributed by atoms with Gasteiger partial charge in [0.1, 0.15) is 0 Å². The van der Waals surface area contributed by atoms with E-state index in [9.17, 15) is 4.79 Å². The van der Waals surface area contributed by atoms with Crippen LogP contribution in [0.3, 0.4) is 0 Å². The molecule has 0 spiro atoms. The zero-order chi connectivity index (χ0) is 20.5. The monoisotopic (exact) mass is 521 g/mol. The van der Waals surface area contributed by atoms with Gasteiger partial charge in [-0.15, -0.1) is 24.0 Å². The first kappa shape index (κ1) is 24.1. The average Bonchev–Trinajstić information content (AvgIpc) is 2.74. The Hall–Kier alpha value is -2.13. The van der Waals surface area contributed by atoms with E-state index in [0.717, 1.165) is 50.9 Å². The maximum Gasteiger partial charge on any atom is 0.219 e. The van der Waals surface area contributed by atoms with Crippen molar-refractivity contribution >= 4 is 41.5 Å². The minimum atomic E-state index is 0. The van der Waals surface area contributed by atoms with Crippen molar-refractivity contribution in [2.24, 2.45) is 4.99 Å². The number of anilines is 1. The van der Waals surface area contributed by atoms with Gasteiger partial charge in [-0.2, -0.15) is 0 Å². The molecule has 1 aliphatic heterocycles. The summed E-state index contributed by atoms with van der Waals surface area (Å²) in [6.45, 7) is 9.54. The molecule has 3 rings (SSSR count). The number of para-hydroxylation sites is 1. The van der Waals surface area contributed by atoms with Gasteiger partial charge >= 0.3 is 0 Å². The quantitative estimate of drug-likeness (QED) is 0.348. The molecule has 0 bridgehead atoms. The summed E-state index contributed by atoms with van der Waals surface area (Å²) >= 11 is 0. The number of aliphatic imine (C=N–C) groups is 1. The van der Waals surface area contributed by atoms with Gasteiger partial charge in [0.2, 0.25) is 5.91 Å². The Balaban J connectivity index is 0.00000320. The van der Waals surface area contributed by atoms with Crippen LogP contribution in [-0.4, -0.2) is 60.9 Å². The number of halogens is 1. The van der Waals surface area contributed by atoms with Crippen molar-refractivity contribution in [1.29, 1.82) is 0 Å². The number of amides is 1. The molecule has 1 amide bonds. The molecule has 0 radical (unpaired) electrons. The summed E-state index contributed by atoms with van der Waals surface area (Å²) in [5.41, 5.74) is 3.45. The first-order valence-electron chi connectivity index (χ1n) is 10.2. The van der Waals surface area contributed by atoms with Gasteiger partial charge in [-0.3, -0.25) is 9.69 Å². The molecule has 1 heterocycles. The molecule has 6 nitrogen and oxygen atoms in total. The van der Waals surface area contributed by atoms with E-state index >= 15 is 0 Å². The first-order chi connectivity index (χ1) is 14.1. The van der Waals surface area contributed by atoms with Gasteiger partial charge in [-0.25, -0.2) is 4.99 Å². The number of benzene rings is 2. The molecule has 30 heavy (non-hydrogen) atoms. The minimum absolute atomic E-state index is 0. The molecule has 0 atom stereocenters. The molecular weight excluding hydrogens is 489 g/mol. The summed E-state index contributed by atoms with van der Waals surface area (Å²) in [7, 11) is 0. The fraction of sp³-hybridized carbons (Fsp3) is 0.391. The highest BCUT2D eigenvalue weighted by Crippen LogP contribution is 2.07. The molecule has 162 valence electrons. The highest BCUT2D eigenvalue weighted by Gasteiger charge is 2.17. The van der Waals surface area contributed by atoms with Crippen LogP contribution in [0.1, 0.15) is 18.1 Å². The van der Waals surface area contributed by atoms with Crippen molar-refractivity contribution in [1.82, 2.24) is 15.1 Å². The Kier molecular flexibility index (Phi) is 10.1. The molecule has 1 saturated heterocycles. The summed E-state index contributed by atoms with van der Waals surface area (Å²) < 4.78 is 0. The number of hydrogen-bond acceptors (Lipinski definition) is 3. The molecule has 2 aromatic rings. The van der Waals surface area contributed by atoms with E-state index in [1.807, 2.05) is 35.2 Å². The number of nitrogens with one attached hydrogen (secondary N) is 2. The SMILES string of the molecule is CC(=O)N1CCN(CCNC(=NCc2ccc(C)cc2)Nc2ccccc2)CC1.I. The van der Waals surface area contributed by atoms with Crippen molar-refractivity contribution in [3.05, 3.63) is 65.7 Å². The van der Waals surface area contributed by atoms with Gasteiger partial charge in [0.05, 0.1) is 6.54 Å². The van der Waals surface area contributed by atoms with Gasteiger partial charge in [-0.1, -0.05) is 48.0 Å². The normalized spacial score (nSPS) is 14.7. The third-order valence-electron chi connectivity index (χ3n) is 5.11. The molecule has 0 aliphatic carbocycles. The van der Waals surface area contributed by atoms with Crippen molar-refractivity contribution in [3.63, 3.8) is 0 Å². The fourth-order valence-electron chi connectivity index (χ4n) is 3.28. The highest BCUT2D eigenvalue weighted by molar-refractivity contribution is 14.0. The predicted octanol–water partition coefficient (Wildman–Crippen LogP) is 3.33. The van der Waals surface area contributed by atoms with Crippen LogP contribution in [0.2, 0.25) is 0 Å². The molecule has 2 aromatic carbocycles. The number of aryl methyl sites for hydroxylation is 1. The molecule has 2 N–H and O–H groups in total. The molecule has 1 fully saturated rings. The van der Waals surface area contributed by atoms with Crippen LogP contribution in [0.4, 0.5) is 5.69 Å². The van der Waals surface area contributed by atoms with E-state index < -0.39 is 0 Å². The lowest BCUT2D eigenvalue weighted by Gasteiger charge is -2.34. The van der Waals surface area contributed by atoms with Crippen LogP contribution < -0.4 is 10.6 Å². The maximum atomic E-state index is 11.5. The van der Waals surface area contributed by atoms with Crippen molar-refractivity contribution in [3.8, 4) is 0 Å². The number of carbonyl (C=O) groups excluding carboxylic acids is 1. The zero-order valence-corrected chi connectivity index (χ0v) is 20.1. The number of piperazine rings is 1. The summed E-state index contributed by atoms with van der Waals surface area (Å²) in [5, 5.41) is 6.84. The molecule has 7 heteroatoms. The summed E-state index contributed by atoms with van der Waals surface area (Å²) in [5.74, 6) is 0.944. The fourth-order valence-corrected chi connectivity index (χ4v) is 3.28. The third kappa shape index (κ3) is 7.95. The molecule has 0 aromatic heterocycles. The Morgan fingerprint density at radius 1 is 1.00 bits per heavy atom. The van der Waals surface area contributed by atoms with E-state index in [1.165, 1.54) is 11.1 Å². The summed E-state index contributed by atoms with van der Waals surface area (Å²) in [6, 6.07) is 18.5. The van der Waals surface area contributed by atoms with E-state index in [2.05, 4.69) is 46.7 Å². The van der Waals surface area contributed by atoms with Gasteiger partial charge in [0.15, 0.2) is 5.96 Å². The Morgan fingerprint density at radius 2 is 1.67 bits per heavy atom. The van der Waals surface area contributed by atoms with Gasteiger partial charge in [0.25, 0.3) is 0 Å². The minimum Gasteiger partial charge on any atom is -0.355 e. The lowest BCUT2D eigenvalue weighted by atomic mass is 10.1. The van der Waals surface area contributed by atoms with Crippen molar-refractivity contribution < 1.29 is 4.79 Å². The second-order valence-electron chi connectivity index (χ2n) is 7.42. The van der Waals surface area contributed by atoms with E-state index in [-0.39, 0.29) is 29.9 Å². The van der Waals surface area contributed by atoms with Crippen LogP contribution in [0.25, 0.3) is 0 Å². The van der Waals surface area contributed by atoms with Gasteiger partial charge in [-0.05, 0) is 24.6 Å². The average molecular weight is 521 g/mol. The molecule has 0 unspecified atom stereocenters. The van der Waals surface area contributed by atoms with Crippen LogP contribution in [0, 0.1) is 6.92 Å². The highest BCUT2D eigenvalue weighted by atomic mass is 127. The van der Waals surface area contributed by atoms with E-state index in [0.29, 0.717) is 6.54 Å². The Bertz CT molecular complexity index is 802. The predicted molar refractivity (Wildman–Crippen MR) is 134 cm³/mol. The standard InChI is InChI=1S/C23H31N5O.HI/c1-19-8-10-21(11-9-19)18-25-23(26-22-6-4-3-5-7-22)24-12-13-27-14-16-28(17-15-27)20(2)29;/h3-11H,12-18H2,1-2H3,(H2,24,25,26);1H. The number of guanidine groups is 1. The lowest BCUT2D eigenvalue weighted by molar-refractivity contribution is -0.130. The zero-order valence-electron chi connectivity index (χ0n) is 17.8. The molecular formula is C23H32IN5O. The first-order valence-corrected chi connectivity index (χ1v) is 10.2. The van der Waals surface area contributed by atoms with Crippen LogP contribution in [0.15, 0.2) is 59.6 Å². The smallest absolute Gasteiger partial charge is 0.219 e. The molecule has 1 aliphatic rings. The molecule has 0 saturated carbocycles. The largest absolute Gasteiger partial charge is 0.355 e. The topological polar surface area (TPSA) is 60.0 Å². The Labute approximate surface area is 196 Å². The van der Waals surface area contributed by atoms with Gasteiger partial charge in [0, 0.05) is 51.9 Å². The van der Waals surface area contributed by atoms with Crippen LogP contribution in [0.5, 0.6) is 0 Å². The maximum absolute atomic E-state index is 11.5. The van der Waals surface area contributed by atoms with Gasteiger partial charge < -0.3 is 15.5 Å². The van der Waals surface area contributed by atoms with Crippen LogP contribution in [-0.2, 0) is 11.3 Å². The number of carbonyl (C=O) groups is 1. The lowest BCUT2D eigenvalue weighted by Crippen LogP contribution is -2.50. The van der Waals surface area contributed by atoms with Crippen molar-refractivity contribution in [2.75, 3.05) is 44.6 Å². The van der Waals surface area contributed by atoms with Crippen LogP contribution >= 0.6 is 24.0 Å². The van der Waals surface area contributed by atoms with E-state index in [4.69, 9.17) is 4.99 Å². The number of nitrogens with zero attached hydrogens (tertiary/aromatic N) is 3. The van der Waals surface area contributed by atoms with E-state index in [1.54, 1.807) is 6.92 Å². The number of hydrogen-bond donors (Lipinski definition) is 2. The van der Waals surface area contributed by atoms with Crippen molar-refractivity contribution in [2.45, 2.75) is 20.4 Å². The number of rotatable bonds is 6. The summed E-state index contributed by atoms with van der Waals surface area (Å²) in [4.78, 5) is 20.5. The second kappa shape index (κ2) is 12.5. The third-order valence-corrected chi connectivity index (χ3v) is 5.11. The second-order valence-corrected chi connectivity index (χ2v) is 7.42.